The first-order chi connectivity index (χ1) is 8.33. The number of hydrogen-bond donors (Lipinski definition) is 0. The Morgan fingerprint density at radius 1 is 1.29 bits per heavy atom. The lowest BCUT2D eigenvalue weighted by Crippen LogP contribution is -2.20. The highest BCUT2D eigenvalue weighted by molar-refractivity contribution is 9.09. The lowest BCUT2D eigenvalue weighted by atomic mass is 10.2. The van der Waals surface area contributed by atoms with Crippen molar-refractivity contribution in [3.63, 3.8) is 0 Å². The van der Waals surface area contributed by atoms with Crippen molar-refractivity contribution in [1.82, 2.24) is 14.6 Å². The molecule has 0 atom stereocenters. The van der Waals surface area contributed by atoms with Gasteiger partial charge in [-0.1, -0.05) is 22.4 Å². The minimum absolute atomic E-state index is 1.00. The lowest BCUT2D eigenvalue weighted by Gasteiger charge is -2.18. The summed E-state index contributed by atoms with van der Waals surface area (Å²) in [5, 5.41) is 5.31. The van der Waals surface area contributed by atoms with Crippen molar-refractivity contribution in [3.05, 3.63) is 24.7 Å². The van der Waals surface area contributed by atoms with Gasteiger partial charge in [0.25, 0.3) is 0 Å². The zero-order chi connectivity index (χ0) is 12.1. The second-order valence-corrected chi connectivity index (χ2v) is 4.88. The van der Waals surface area contributed by atoms with Crippen LogP contribution in [0.3, 0.4) is 0 Å². The molecule has 0 saturated carbocycles. The van der Waals surface area contributed by atoms with Gasteiger partial charge in [-0.25, -0.2) is 9.50 Å². The van der Waals surface area contributed by atoms with E-state index >= 15 is 0 Å². The molecule has 0 spiro atoms. The Bertz CT molecular complexity index is 468. The summed E-state index contributed by atoms with van der Waals surface area (Å²) in [5.74, 6) is 1.00. The van der Waals surface area contributed by atoms with Crippen LogP contribution in [0.2, 0.25) is 0 Å². The number of alkyl halides is 1. The van der Waals surface area contributed by atoms with Gasteiger partial charge in [-0.05, 0) is 18.9 Å². The molecule has 0 aliphatic heterocycles. The SMILES string of the molecule is CN(CCCCCBr)c1nccn2nccc12. The molecular formula is C12H17BrN4. The van der Waals surface area contributed by atoms with Crippen molar-refractivity contribution in [1.29, 1.82) is 0 Å². The number of aromatic nitrogens is 3. The third-order valence-electron chi connectivity index (χ3n) is 2.79. The van der Waals surface area contributed by atoms with Crippen LogP contribution in [-0.4, -0.2) is 33.5 Å². The van der Waals surface area contributed by atoms with Gasteiger partial charge in [0.1, 0.15) is 5.52 Å². The summed E-state index contributed by atoms with van der Waals surface area (Å²) in [5.41, 5.74) is 1.07. The zero-order valence-electron chi connectivity index (χ0n) is 10.0. The first-order valence-electron chi connectivity index (χ1n) is 5.88. The lowest BCUT2D eigenvalue weighted by molar-refractivity contribution is 0.706. The second-order valence-electron chi connectivity index (χ2n) is 4.08. The summed E-state index contributed by atoms with van der Waals surface area (Å²) in [6, 6.07) is 2.00. The van der Waals surface area contributed by atoms with Gasteiger partial charge in [-0.2, -0.15) is 5.10 Å². The number of nitrogens with zero attached hydrogens (tertiary/aromatic N) is 4. The van der Waals surface area contributed by atoms with Crippen LogP contribution in [0, 0.1) is 0 Å². The van der Waals surface area contributed by atoms with Crippen LogP contribution >= 0.6 is 15.9 Å². The fourth-order valence-corrected chi connectivity index (χ4v) is 2.26. The number of anilines is 1. The third-order valence-corrected chi connectivity index (χ3v) is 3.35. The molecule has 0 unspecified atom stereocenters. The number of rotatable bonds is 6. The molecule has 0 aromatic carbocycles. The van der Waals surface area contributed by atoms with E-state index in [1.165, 1.54) is 19.3 Å². The van der Waals surface area contributed by atoms with E-state index in [2.05, 4.69) is 38.0 Å². The quantitative estimate of drug-likeness (QED) is 0.607. The first kappa shape index (κ1) is 12.4. The maximum Gasteiger partial charge on any atom is 0.154 e. The van der Waals surface area contributed by atoms with Crippen LogP contribution in [-0.2, 0) is 0 Å². The van der Waals surface area contributed by atoms with Crippen LogP contribution < -0.4 is 4.90 Å². The van der Waals surface area contributed by atoms with E-state index in [0.29, 0.717) is 0 Å². The smallest absolute Gasteiger partial charge is 0.154 e. The zero-order valence-corrected chi connectivity index (χ0v) is 11.6. The standard InChI is InChI=1S/C12H17BrN4/c1-16(9-4-2-3-6-13)12-11-5-7-15-17(11)10-8-14-12/h5,7-8,10H,2-4,6,9H2,1H3. The minimum Gasteiger partial charge on any atom is -0.358 e. The monoisotopic (exact) mass is 296 g/mol. The van der Waals surface area contributed by atoms with Crippen molar-refractivity contribution in [2.75, 3.05) is 23.8 Å². The van der Waals surface area contributed by atoms with Crippen molar-refractivity contribution in [3.8, 4) is 0 Å². The molecule has 0 saturated heterocycles. The van der Waals surface area contributed by atoms with Crippen LogP contribution in [0.25, 0.3) is 5.52 Å². The Balaban J connectivity index is 2.03. The van der Waals surface area contributed by atoms with Gasteiger partial charge < -0.3 is 4.90 Å². The molecule has 0 fully saturated rings. The van der Waals surface area contributed by atoms with Crippen LogP contribution in [0.15, 0.2) is 24.7 Å². The van der Waals surface area contributed by atoms with E-state index in [4.69, 9.17) is 0 Å². The summed E-state index contributed by atoms with van der Waals surface area (Å²) >= 11 is 3.45. The normalized spacial score (nSPS) is 10.9. The van der Waals surface area contributed by atoms with Crippen LogP contribution in [0.1, 0.15) is 19.3 Å². The summed E-state index contributed by atoms with van der Waals surface area (Å²) in [4.78, 5) is 6.63. The number of halogens is 1. The molecule has 4 nitrogen and oxygen atoms in total. The van der Waals surface area contributed by atoms with Gasteiger partial charge in [0, 0.05) is 31.3 Å². The molecule has 2 aromatic rings. The average Bonchev–Trinajstić information content (AvgIpc) is 2.82. The maximum atomic E-state index is 4.43. The summed E-state index contributed by atoms with van der Waals surface area (Å²) < 4.78 is 1.86. The number of unbranched alkanes of at least 4 members (excludes halogenated alkanes) is 2. The predicted molar refractivity (Wildman–Crippen MR) is 73.9 cm³/mol. The molecule has 0 N–H and O–H groups in total. The van der Waals surface area contributed by atoms with Gasteiger partial charge in [-0.15, -0.1) is 0 Å². The van der Waals surface area contributed by atoms with Crippen LogP contribution in [0.4, 0.5) is 5.82 Å². The van der Waals surface area contributed by atoms with Gasteiger partial charge in [-0.3, -0.25) is 0 Å². The van der Waals surface area contributed by atoms with E-state index in [9.17, 15) is 0 Å². The Hall–Kier alpha value is -1.10. The van der Waals surface area contributed by atoms with E-state index in [0.717, 1.165) is 23.2 Å². The number of hydrogen-bond acceptors (Lipinski definition) is 3. The Kier molecular flexibility index (Phi) is 4.36. The molecule has 17 heavy (non-hydrogen) atoms. The van der Waals surface area contributed by atoms with Crippen molar-refractivity contribution in [2.45, 2.75) is 19.3 Å². The molecule has 92 valence electrons. The number of fused-ring (bicyclic) bond motifs is 1. The Labute approximate surface area is 110 Å². The van der Waals surface area contributed by atoms with Gasteiger partial charge >= 0.3 is 0 Å². The van der Waals surface area contributed by atoms with Crippen molar-refractivity contribution < 1.29 is 0 Å². The van der Waals surface area contributed by atoms with Crippen molar-refractivity contribution >= 4 is 27.3 Å². The molecule has 0 aliphatic carbocycles. The highest BCUT2D eigenvalue weighted by Crippen LogP contribution is 2.17. The van der Waals surface area contributed by atoms with E-state index in [-0.39, 0.29) is 0 Å². The third kappa shape index (κ3) is 2.97. The summed E-state index contributed by atoms with van der Waals surface area (Å²) in [6.45, 7) is 1.03. The van der Waals surface area contributed by atoms with E-state index in [1.54, 1.807) is 12.4 Å². The maximum absolute atomic E-state index is 4.43. The van der Waals surface area contributed by atoms with Gasteiger partial charge in [0.05, 0.1) is 6.20 Å². The molecule has 2 rings (SSSR count). The fraction of sp³-hybridized carbons (Fsp3) is 0.500. The molecule has 2 aromatic heterocycles. The molecule has 2 heterocycles. The summed E-state index contributed by atoms with van der Waals surface area (Å²) in [6.07, 6.45) is 9.15. The largest absolute Gasteiger partial charge is 0.358 e. The Morgan fingerprint density at radius 2 is 2.18 bits per heavy atom. The second kappa shape index (κ2) is 6.00. The van der Waals surface area contributed by atoms with Gasteiger partial charge in [0.15, 0.2) is 5.82 Å². The predicted octanol–water partition coefficient (Wildman–Crippen LogP) is 2.73. The van der Waals surface area contributed by atoms with E-state index in [1.807, 2.05) is 16.8 Å². The molecule has 0 aliphatic rings. The topological polar surface area (TPSA) is 33.4 Å². The molecule has 0 radical (unpaired) electrons. The average molecular weight is 297 g/mol. The van der Waals surface area contributed by atoms with E-state index < -0.39 is 0 Å². The fourth-order valence-electron chi connectivity index (χ4n) is 1.86. The molecule has 0 amide bonds. The molecular weight excluding hydrogens is 280 g/mol. The highest BCUT2D eigenvalue weighted by Gasteiger charge is 2.07. The Morgan fingerprint density at radius 3 is 3.00 bits per heavy atom. The highest BCUT2D eigenvalue weighted by atomic mass is 79.9. The van der Waals surface area contributed by atoms with Crippen LogP contribution in [0.5, 0.6) is 0 Å². The minimum atomic E-state index is 1.00. The van der Waals surface area contributed by atoms with Crippen molar-refractivity contribution in [2.24, 2.45) is 0 Å². The first-order valence-corrected chi connectivity index (χ1v) is 7.00. The molecule has 0 bridgehead atoms. The van der Waals surface area contributed by atoms with Gasteiger partial charge in [0.2, 0.25) is 0 Å². The summed E-state index contributed by atoms with van der Waals surface area (Å²) in [7, 11) is 2.09. The molecule has 5 heteroatoms.